The number of esters is 1. The van der Waals surface area contributed by atoms with Crippen molar-refractivity contribution in [2.45, 2.75) is 44.2 Å². The van der Waals surface area contributed by atoms with Crippen LogP contribution in [-0.2, 0) is 20.7 Å². The highest BCUT2D eigenvalue weighted by Gasteiger charge is 2.33. The van der Waals surface area contributed by atoms with Crippen LogP contribution in [0.25, 0.3) is 10.8 Å². The van der Waals surface area contributed by atoms with E-state index in [2.05, 4.69) is 23.1 Å². The Hall–Kier alpha value is -1.62. The molecule has 146 valence electrons. The molecule has 0 amide bonds. The number of ether oxygens (including phenoxy) is 2. The third-order valence-electron chi connectivity index (χ3n) is 5.68. The Kier molecular flexibility index (Phi) is 7.11. The van der Waals surface area contributed by atoms with E-state index < -0.39 is 0 Å². The van der Waals surface area contributed by atoms with Crippen molar-refractivity contribution in [2.75, 3.05) is 26.3 Å². The zero-order valence-electron chi connectivity index (χ0n) is 15.6. The summed E-state index contributed by atoms with van der Waals surface area (Å²) in [7, 11) is 0. The molecule has 0 radical (unpaired) electrons. The fourth-order valence-corrected chi connectivity index (χ4v) is 4.35. The zero-order valence-corrected chi connectivity index (χ0v) is 16.5. The third kappa shape index (κ3) is 4.81. The number of hydrogen-bond donors (Lipinski definition) is 0. The maximum atomic E-state index is 12.7. The highest BCUT2D eigenvalue weighted by atomic mass is 35.5. The SMILES string of the molecule is Cl.O=C(Cc1cccc2ccccc12)O[C@H]1CCCC[C@@H]1N1CCOCC1. The fraction of sp³-hybridized carbons (Fsp3) is 0.500. The van der Waals surface area contributed by atoms with Gasteiger partial charge >= 0.3 is 5.97 Å². The maximum absolute atomic E-state index is 12.7. The van der Waals surface area contributed by atoms with Crippen LogP contribution < -0.4 is 0 Å². The first-order valence-corrected chi connectivity index (χ1v) is 9.79. The molecular weight excluding hydrogens is 362 g/mol. The van der Waals surface area contributed by atoms with Gasteiger partial charge in [-0.15, -0.1) is 12.4 Å². The van der Waals surface area contributed by atoms with Crippen LogP contribution in [0.5, 0.6) is 0 Å². The predicted octanol–water partition coefficient (Wildman–Crippen LogP) is 3.99. The van der Waals surface area contributed by atoms with Crippen LogP contribution in [0, 0.1) is 0 Å². The fourth-order valence-electron chi connectivity index (χ4n) is 4.35. The molecule has 1 aliphatic heterocycles. The summed E-state index contributed by atoms with van der Waals surface area (Å²) in [5.41, 5.74) is 1.05. The number of halogens is 1. The van der Waals surface area contributed by atoms with Crippen molar-refractivity contribution in [1.29, 1.82) is 0 Å². The highest BCUT2D eigenvalue weighted by Crippen LogP contribution is 2.27. The first-order valence-electron chi connectivity index (χ1n) is 9.79. The number of nitrogens with zero attached hydrogens (tertiary/aromatic N) is 1. The molecule has 1 saturated carbocycles. The van der Waals surface area contributed by atoms with Gasteiger partial charge in [0.1, 0.15) is 6.10 Å². The molecule has 4 nitrogen and oxygen atoms in total. The van der Waals surface area contributed by atoms with Crippen LogP contribution in [0.2, 0.25) is 0 Å². The average molecular weight is 390 g/mol. The van der Waals surface area contributed by atoms with Crippen molar-refractivity contribution >= 4 is 29.1 Å². The summed E-state index contributed by atoms with van der Waals surface area (Å²) < 4.78 is 11.5. The number of carbonyl (C=O) groups is 1. The molecule has 5 heteroatoms. The van der Waals surface area contributed by atoms with Crippen LogP contribution in [0.4, 0.5) is 0 Å². The summed E-state index contributed by atoms with van der Waals surface area (Å²) >= 11 is 0. The molecule has 2 aromatic carbocycles. The normalized spacial score (nSPS) is 23.6. The summed E-state index contributed by atoms with van der Waals surface area (Å²) in [6.07, 6.45) is 4.82. The van der Waals surface area contributed by atoms with Crippen molar-refractivity contribution in [3.8, 4) is 0 Å². The van der Waals surface area contributed by atoms with Gasteiger partial charge in [-0.05, 0) is 35.6 Å². The van der Waals surface area contributed by atoms with Gasteiger partial charge in [-0.3, -0.25) is 9.69 Å². The van der Waals surface area contributed by atoms with Crippen LogP contribution in [0.3, 0.4) is 0 Å². The lowest BCUT2D eigenvalue weighted by Crippen LogP contribution is -2.51. The minimum atomic E-state index is -0.105. The Bertz CT molecular complexity index is 755. The lowest BCUT2D eigenvalue weighted by atomic mass is 9.91. The van der Waals surface area contributed by atoms with E-state index in [4.69, 9.17) is 9.47 Å². The smallest absolute Gasteiger partial charge is 0.310 e. The minimum Gasteiger partial charge on any atom is -0.460 e. The third-order valence-corrected chi connectivity index (χ3v) is 5.68. The molecule has 2 atom stereocenters. The van der Waals surface area contributed by atoms with Crippen LogP contribution in [0.15, 0.2) is 42.5 Å². The van der Waals surface area contributed by atoms with Gasteiger partial charge in [0.05, 0.1) is 19.6 Å². The van der Waals surface area contributed by atoms with E-state index in [1.165, 1.54) is 11.8 Å². The number of benzene rings is 2. The molecular formula is C22H28ClNO3. The standard InChI is InChI=1S/C22H27NO3.ClH/c24-22(16-18-8-5-7-17-6-1-2-9-19(17)18)26-21-11-4-3-10-20(21)23-12-14-25-15-13-23;/h1-2,5-9,20-21H,3-4,10-16H2;1H/t20-,21-;/m0./s1. The Morgan fingerprint density at radius 1 is 1.04 bits per heavy atom. The van der Waals surface area contributed by atoms with Gasteiger partial charge in [0.2, 0.25) is 0 Å². The lowest BCUT2D eigenvalue weighted by Gasteiger charge is -2.41. The second kappa shape index (κ2) is 9.54. The van der Waals surface area contributed by atoms with E-state index in [1.807, 2.05) is 24.3 Å². The van der Waals surface area contributed by atoms with Gasteiger partial charge in [0.15, 0.2) is 0 Å². The van der Waals surface area contributed by atoms with Gasteiger partial charge in [-0.25, -0.2) is 0 Å². The largest absolute Gasteiger partial charge is 0.460 e. The van der Waals surface area contributed by atoms with Crippen molar-refractivity contribution in [1.82, 2.24) is 4.90 Å². The summed E-state index contributed by atoms with van der Waals surface area (Å²) in [5.74, 6) is -0.105. The molecule has 0 unspecified atom stereocenters. The number of carbonyl (C=O) groups excluding carboxylic acids is 1. The van der Waals surface area contributed by atoms with E-state index in [0.29, 0.717) is 12.5 Å². The number of morpholine rings is 1. The molecule has 0 N–H and O–H groups in total. The molecule has 2 aromatic rings. The van der Waals surface area contributed by atoms with E-state index in [-0.39, 0.29) is 24.5 Å². The minimum absolute atomic E-state index is 0. The monoisotopic (exact) mass is 389 g/mol. The molecule has 0 spiro atoms. The second-order valence-corrected chi connectivity index (χ2v) is 7.34. The van der Waals surface area contributed by atoms with Gasteiger partial charge in [0, 0.05) is 19.1 Å². The van der Waals surface area contributed by atoms with Gasteiger partial charge < -0.3 is 9.47 Å². The second-order valence-electron chi connectivity index (χ2n) is 7.34. The maximum Gasteiger partial charge on any atom is 0.310 e. The first kappa shape index (κ1) is 20.1. The van der Waals surface area contributed by atoms with Crippen LogP contribution >= 0.6 is 12.4 Å². The summed E-state index contributed by atoms with van der Waals surface area (Å²) in [6, 6.07) is 14.7. The number of rotatable bonds is 4. The Labute approximate surface area is 167 Å². The molecule has 2 aliphatic rings. The van der Waals surface area contributed by atoms with Crippen molar-refractivity contribution in [2.24, 2.45) is 0 Å². The first-order chi connectivity index (χ1) is 12.8. The summed E-state index contributed by atoms with van der Waals surface area (Å²) in [4.78, 5) is 15.1. The molecule has 0 bridgehead atoms. The zero-order chi connectivity index (χ0) is 17.8. The van der Waals surface area contributed by atoms with E-state index in [0.717, 1.165) is 56.5 Å². The van der Waals surface area contributed by atoms with Gasteiger partial charge in [-0.2, -0.15) is 0 Å². The van der Waals surface area contributed by atoms with Gasteiger partial charge in [0.25, 0.3) is 0 Å². The highest BCUT2D eigenvalue weighted by molar-refractivity contribution is 5.89. The number of fused-ring (bicyclic) bond motifs is 1. The van der Waals surface area contributed by atoms with E-state index in [9.17, 15) is 4.79 Å². The van der Waals surface area contributed by atoms with Crippen LogP contribution in [0.1, 0.15) is 31.2 Å². The lowest BCUT2D eigenvalue weighted by molar-refractivity contribution is -0.155. The molecule has 27 heavy (non-hydrogen) atoms. The molecule has 2 fully saturated rings. The molecule has 1 saturated heterocycles. The number of hydrogen-bond acceptors (Lipinski definition) is 4. The van der Waals surface area contributed by atoms with E-state index in [1.54, 1.807) is 0 Å². The topological polar surface area (TPSA) is 38.8 Å². The van der Waals surface area contributed by atoms with Crippen molar-refractivity contribution in [3.05, 3.63) is 48.0 Å². The quantitative estimate of drug-likeness (QED) is 0.741. The summed E-state index contributed by atoms with van der Waals surface area (Å²) in [6.45, 7) is 3.46. The van der Waals surface area contributed by atoms with Crippen molar-refractivity contribution < 1.29 is 14.3 Å². The summed E-state index contributed by atoms with van der Waals surface area (Å²) in [5, 5.41) is 2.31. The van der Waals surface area contributed by atoms with Gasteiger partial charge in [-0.1, -0.05) is 48.9 Å². The molecule has 4 rings (SSSR count). The molecule has 1 aliphatic carbocycles. The Balaban J connectivity index is 0.00000210. The van der Waals surface area contributed by atoms with Crippen molar-refractivity contribution in [3.63, 3.8) is 0 Å². The molecule has 0 aromatic heterocycles. The van der Waals surface area contributed by atoms with Crippen LogP contribution in [-0.4, -0.2) is 49.3 Å². The average Bonchev–Trinajstić information content (AvgIpc) is 2.69. The Morgan fingerprint density at radius 3 is 2.63 bits per heavy atom. The predicted molar refractivity (Wildman–Crippen MR) is 109 cm³/mol. The Morgan fingerprint density at radius 2 is 1.78 bits per heavy atom. The molecule has 1 heterocycles. The van der Waals surface area contributed by atoms with E-state index >= 15 is 0 Å².